The van der Waals surface area contributed by atoms with Crippen LogP contribution in [0.15, 0.2) is 61.7 Å². The first kappa shape index (κ1) is 22.0. The van der Waals surface area contributed by atoms with E-state index in [2.05, 4.69) is 20.2 Å². The van der Waals surface area contributed by atoms with E-state index >= 15 is 0 Å². The first-order chi connectivity index (χ1) is 15.9. The Morgan fingerprint density at radius 3 is 2.67 bits per heavy atom. The number of nitriles is 1. The minimum Gasteiger partial charge on any atom is -0.381 e. The Labute approximate surface area is 188 Å². The monoisotopic (exact) mass is 447 g/mol. The average Bonchev–Trinajstić information content (AvgIpc) is 3.49. The largest absolute Gasteiger partial charge is 0.381 e. The summed E-state index contributed by atoms with van der Waals surface area (Å²) in [7, 11) is 0. The first-order valence-corrected chi connectivity index (χ1v) is 9.97. The molecular weight excluding hydrogens is 428 g/mol. The second-order valence-electron chi connectivity index (χ2n) is 7.52. The molecule has 0 spiro atoms. The Hall–Kier alpha value is -4.23. The van der Waals surface area contributed by atoms with Crippen molar-refractivity contribution in [1.82, 2.24) is 29.5 Å². The Balaban J connectivity index is 1.65. The molecule has 0 aliphatic carbocycles. The van der Waals surface area contributed by atoms with Crippen LogP contribution in [0.4, 0.5) is 8.78 Å². The molecule has 0 fully saturated rings. The summed E-state index contributed by atoms with van der Waals surface area (Å²) in [4.78, 5) is 7.88. The lowest BCUT2D eigenvalue weighted by Gasteiger charge is -2.34. The van der Waals surface area contributed by atoms with Crippen LogP contribution in [0.25, 0.3) is 12.2 Å². The molecule has 3 aromatic heterocycles. The number of aliphatic hydroxyl groups is 1. The van der Waals surface area contributed by atoms with E-state index in [-0.39, 0.29) is 12.1 Å². The van der Waals surface area contributed by atoms with E-state index in [1.807, 2.05) is 6.07 Å². The second-order valence-corrected chi connectivity index (χ2v) is 7.52. The quantitative estimate of drug-likeness (QED) is 0.466. The predicted molar refractivity (Wildman–Crippen MR) is 115 cm³/mol. The Bertz CT molecular complexity index is 1330. The van der Waals surface area contributed by atoms with Crippen LogP contribution < -0.4 is 0 Å². The number of benzene rings is 1. The van der Waals surface area contributed by atoms with Gasteiger partial charge in [-0.2, -0.15) is 15.5 Å². The van der Waals surface area contributed by atoms with Crippen molar-refractivity contribution in [2.45, 2.75) is 25.1 Å². The third-order valence-corrected chi connectivity index (χ3v) is 5.33. The molecule has 0 unspecified atom stereocenters. The van der Waals surface area contributed by atoms with Crippen molar-refractivity contribution in [1.29, 1.82) is 5.26 Å². The molecule has 1 N–H and O–H groups in total. The van der Waals surface area contributed by atoms with E-state index < -0.39 is 23.3 Å². The predicted octanol–water partition coefficient (Wildman–Crippen LogP) is 3.34. The molecule has 0 saturated heterocycles. The molecule has 10 heteroatoms. The third kappa shape index (κ3) is 4.68. The smallest absolute Gasteiger partial charge is 0.137 e. The normalized spacial score (nSPS) is 14.2. The van der Waals surface area contributed by atoms with Gasteiger partial charge in [-0.05, 0) is 24.6 Å². The third-order valence-electron chi connectivity index (χ3n) is 5.33. The van der Waals surface area contributed by atoms with Crippen LogP contribution in [-0.4, -0.2) is 34.6 Å². The molecule has 8 nitrogen and oxygen atoms in total. The van der Waals surface area contributed by atoms with E-state index in [0.29, 0.717) is 11.1 Å². The summed E-state index contributed by atoms with van der Waals surface area (Å²) in [6, 6.07) is 6.02. The van der Waals surface area contributed by atoms with Gasteiger partial charge in [-0.25, -0.2) is 18.4 Å². The molecule has 33 heavy (non-hydrogen) atoms. The molecule has 3 heterocycles. The number of nitrogens with zero attached hydrogens (tertiary/aromatic N) is 7. The molecule has 0 aliphatic heterocycles. The van der Waals surface area contributed by atoms with Gasteiger partial charge in [0.25, 0.3) is 0 Å². The number of pyridine rings is 1. The van der Waals surface area contributed by atoms with Gasteiger partial charge >= 0.3 is 0 Å². The maximum absolute atomic E-state index is 14.7. The first-order valence-electron chi connectivity index (χ1n) is 9.97. The highest BCUT2D eigenvalue weighted by molar-refractivity contribution is 5.69. The van der Waals surface area contributed by atoms with Crippen molar-refractivity contribution in [3.05, 3.63) is 95.6 Å². The van der Waals surface area contributed by atoms with Gasteiger partial charge in [0.2, 0.25) is 0 Å². The van der Waals surface area contributed by atoms with Crippen LogP contribution in [-0.2, 0) is 12.1 Å². The SMILES string of the molecule is C[C@@H](n1cc(/C=C/c2cncc(C#N)c2)cn1)[C@](O)(Cn1cncn1)c1ccc(F)cc1F. The highest BCUT2D eigenvalue weighted by Crippen LogP contribution is 2.36. The van der Waals surface area contributed by atoms with Crippen LogP contribution in [0.3, 0.4) is 0 Å². The van der Waals surface area contributed by atoms with Gasteiger partial charge in [0.15, 0.2) is 0 Å². The molecule has 0 radical (unpaired) electrons. The highest BCUT2D eigenvalue weighted by Gasteiger charge is 2.40. The standard InChI is InChI=1S/C23H19F2N7O/c1-16(32-12-18(11-29-32)3-2-17-6-19(8-26)10-27-9-17)23(33,13-31-15-28-14-30-31)21-5-4-20(24)7-22(21)25/h2-7,9-12,14-16,33H,13H2,1H3/b3-2+/t16-,23-/m1/s1. The molecule has 4 rings (SSSR count). The molecule has 1 aromatic carbocycles. The summed E-state index contributed by atoms with van der Waals surface area (Å²) in [6.07, 6.45) is 12.6. The average molecular weight is 447 g/mol. The number of hydrogen-bond acceptors (Lipinski definition) is 6. The van der Waals surface area contributed by atoms with Crippen molar-refractivity contribution in [2.75, 3.05) is 0 Å². The summed E-state index contributed by atoms with van der Waals surface area (Å²) < 4.78 is 31.1. The second kappa shape index (κ2) is 9.10. The molecule has 0 aliphatic rings. The van der Waals surface area contributed by atoms with Crippen molar-refractivity contribution in [2.24, 2.45) is 0 Å². The fraction of sp³-hybridized carbons (Fsp3) is 0.174. The number of hydrogen-bond donors (Lipinski definition) is 1. The highest BCUT2D eigenvalue weighted by atomic mass is 19.1. The van der Waals surface area contributed by atoms with E-state index in [0.717, 1.165) is 17.7 Å². The summed E-state index contributed by atoms with van der Waals surface area (Å²) in [5.74, 6) is -1.62. The fourth-order valence-corrected chi connectivity index (χ4v) is 3.52. The molecule has 4 aromatic rings. The van der Waals surface area contributed by atoms with Crippen molar-refractivity contribution >= 4 is 12.2 Å². The summed E-state index contributed by atoms with van der Waals surface area (Å²) in [6.45, 7) is 1.55. The van der Waals surface area contributed by atoms with Gasteiger partial charge in [-0.1, -0.05) is 18.2 Å². The molecule has 0 amide bonds. The lowest BCUT2D eigenvalue weighted by atomic mass is 9.86. The van der Waals surface area contributed by atoms with Gasteiger partial charge in [-0.15, -0.1) is 0 Å². The number of rotatable bonds is 7. The Kier molecular flexibility index (Phi) is 6.06. The zero-order valence-corrected chi connectivity index (χ0v) is 17.5. The molecule has 2 atom stereocenters. The van der Waals surface area contributed by atoms with E-state index in [4.69, 9.17) is 5.26 Å². The topological polar surface area (TPSA) is 105 Å². The zero-order chi connectivity index (χ0) is 23.4. The van der Waals surface area contributed by atoms with Gasteiger partial charge < -0.3 is 5.11 Å². The van der Waals surface area contributed by atoms with Crippen molar-refractivity contribution < 1.29 is 13.9 Å². The molecule has 166 valence electrons. The van der Waals surface area contributed by atoms with Gasteiger partial charge in [0.1, 0.15) is 36.0 Å². The van der Waals surface area contributed by atoms with Crippen LogP contribution in [0.2, 0.25) is 0 Å². The summed E-state index contributed by atoms with van der Waals surface area (Å²) in [5.41, 5.74) is 0.00134. The molecule has 0 saturated carbocycles. The fourth-order valence-electron chi connectivity index (χ4n) is 3.52. The summed E-state index contributed by atoms with van der Waals surface area (Å²) in [5, 5.41) is 29.0. The van der Waals surface area contributed by atoms with Crippen LogP contribution in [0.1, 0.15) is 35.2 Å². The van der Waals surface area contributed by atoms with Crippen molar-refractivity contribution in [3.63, 3.8) is 0 Å². The minimum absolute atomic E-state index is 0.0844. The van der Waals surface area contributed by atoms with Crippen LogP contribution in [0.5, 0.6) is 0 Å². The summed E-state index contributed by atoms with van der Waals surface area (Å²) >= 11 is 0. The maximum atomic E-state index is 14.7. The Morgan fingerprint density at radius 1 is 1.12 bits per heavy atom. The lowest BCUT2D eigenvalue weighted by molar-refractivity contribution is -0.0369. The maximum Gasteiger partial charge on any atom is 0.137 e. The van der Waals surface area contributed by atoms with Gasteiger partial charge in [-0.3, -0.25) is 9.67 Å². The zero-order valence-electron chi connectivity index (χ0n) is 17.5. The van der Waals surface area contributed by atoms with Crippen LogP contribution in [0, 0.1) is 23.0 Å². The Morgan fingerprint density at radius 2 is 1.94 bits per heavy atom. The van der Waals surface area contributed by atoms with E-state index in [9.17, 15) is 13.9 Å². The van der Waals surface area contributed by atoms with E-state index in [1.165, 1.54) is 34.3 Å². The van der Waals surface area contributed by atoms with Crippen LogP contribution >= 0.6 is 0 Å². The minimum atomic E-state index is -1.82. The number of aromatic nitrogens is 6. The lowest BCUT2D eigenvalue weighted by Crippen LogP contribution is -2.40. The van der Waals surface area contributed by atoms with Crippen molar-refractivity contribution in [3.8, 4) is 6.07 Å². The van der Waals surface area contributed by atoms with Gasteiger partial charge in [0.05, 0.1) is 24.3 Å². The van der Waals surface area contributed by atoms with E-state index in [1.54, 1.807) is 43.7 Å². The van der Waals surface area contributed by atoms with Gasteiger partial charge in [0, 0.05) is 35.8 Å². The molecular formula is C23H19F2N7O. The molecule has 0 bridgehead atoms. The number of halogens is 2.